The van der Waals surface area contributed by atoms with Gasteiger partial charge in [0.25, 0.3) is 0 Å². The molecule has 0 aromatic rings. The number of hydrogen-bond acceptors (Lipinski definition) is 10. The van der Waals surface area contributed by atoms with Crippen molar-refractivity contribution in [3.63, 3.8) is 0 Å². The third kappa shape index (κ3) is 3.52. The molecule has 11 nitrogen and oxygen atoms in total. The summed E-state index contributed by atoms with van der Waals surface area (Å²) in [5, 5.41) is 72.7. The van der Waals surface area contributed by atoms with E-state index in [9.17, 15) is 40.5 Å². The summed E-state index contributed by atoms with van der Waals surface area (Å²) in [4.78, 5) is 11.4. The van der Waals surface area contributed by atoms with E-state index in [1.165, 1.54) is 6.92 Å². The minimum atomic E-state index is -2.60. The first kappa shape index (κ1) is 20.4. The van der Waals surface area contributed by atoms with Gasteiger partial charge in [0, 0.05) is 6.92 Å². The van der Waals surface area contributed by atoms with E-state index >= 15 is 0 Å². The molecule has 2 heterocycles. The van der Waals surface area contributed by atoms with Gasteiger partial charge in [-0.2, -0.15) is 0 Å². The SMILES string of the molecule is CC(=O)N[C@@H]1[C@@H](O)[C@H](O)[C@@H](CO)OC1(O)C1O[C@@H](C)[C@@H](O)[C@@H](O)[C@@H]1O. The Labute approximate surface area is 143 Å². The maximum Gasteiger partial charge on any atom is 0.219 e. The molecule has 0 aromatic carbocycles. The molecule has 2 aliphatic rings. The molecule has 146 valence electrons. The minimum absolute atomic E-state index is 0.681. The normalized spacial score (nSPS) is 51.2. The largest absolute Gasteiger partial charge is 0.394 e. The average molecular weight is 367 g/mol. The van der Waals surface area contributed by atoms with Crippen LogP contribution in [0.5, 0.6) is 0 Å². The fourth-order valence-electron chi connectivity index (χ4n) is 3.24. The van der Waals surface area contributed by atoms with E-state index in [1.807, 2.05) is 0 Å². The first-order valence-electron chi connectivity index (χ1n) is 7.88. The fourth-order valence-corrected chi connectivity index (χ4v) is 3.24. The van der Waals surface area contributed by atoms with Crippen LogP contribution in [0.15, 0.2) is 0 Å². The first-order valence-corrected chi connectivity index (χ1v) is 7.88. The summed E-state index contributed by atoms with van der Waals surface area (Å²) in [6.07, 6.45) is -12.6. The highest BCUT2D eigenvalue weighted by Gasteiger charge is 2.62. The van der Waals surface area contributed by atoms with Gasteiger partial charge in [-0.15, -0.1) is 0 Å². The average Bonchev–Trinajstić information content (AvgIpc) is 2.56. The summed E-state index contributed by atoms with van der Waals surface area (Å²) < 4.78 is 10.6. The van der Waals surface area contributed by atoms with Crippen molar-refractivity contribution in [2.45, 2.75) is 74.5 Å². The molecule has 0 spiro atoms. The Morgan fingerprint density at radius 3 is 2.16 bits per heavy atom. The van der Waals surface area contributed by atoms with Crippen molar-refractivity contribution < 1.29 is 50.0 Å². The number of aliphatic hydroxyl groups is 7. The van der Waals surface area contributed by atoms with Crippen LogP contribution in [0.1, 0.15) is 13.8 Å². The van der Waals surface area contributed by atoms with Gasteiger partial charge >= 0.3 is 0 Å². The smallest absolute Gasteiger partial charge is 0.219 e. The Hall–Kier alpha value is -0.890. The standard InChI is InChI=1S/C14H25NO10/c1-4-7(18)9(20)11(22)13(24-4)14(23)12(15-5(2)17)10(21)8(19)6(3-16)25-14/h4,6-13,16,18-23H,3H2,1-2H3,(H,15,17)/t4-,6+,7+,8+,9+,10-,11-,12+,13?,14?/m0/s1. The Balaban J connectivity index is 2.42. The number of hydrogen-bond donors (Lipinski definition) is 8. The zero-order valence-corrected chi connectivity index (χ0v) is 13.8. The number of rotatable bonds is 3. The van der Waals surface area contributed by atoms with Crippen molar-refractivity contribution in [1.82, 2.24) is 5.32 Å². The molecule has 0 bridgehead atoms. The second-order valence-electron chi connectivity index (χ2n) is 6.48. The van der Waals surface area contributed by atoms with Crippen LogP contribution < -0.4 is 5.32 Å². The van der Waals surface area contributed by atoms with Gasteiger partial charge in [0.15, 0.2) is 0 Å². The van der Waals surface area contributed by atoms with Crippen LogP contribution in [0.25, 0.3) is 0 Å². The summed E-state index contributed by atoms with van der Waals surface area (Å²) in [7, 11) is 0. The van der Waals surface area contributed by atoms with Crippen LogP contribution in [0.2, 0.25) is 0 Å². The quantitative estimate of drug-likeness (QED) is 0.240. The molecule has 1 amide bonds. The molecule has 8 N–H and O–H groups in total. The molecule has 0 saturated carbocycles. The van der Waals surface area contributed by atoms with Gasteiger partial charge in [0.05, 0.1) is 12.7 Å². The predicted molar refractivity (Wildman–Crippen MR) is 78.9 cm³/mol. The molecule has 2 rings (SSSR count). The maximum atomic E-state index is 11.4. The van der Waals surface area contributed by atoms with E-state index in [0.29, 0.717) is 0 Å². The van der Waals surface area contributed by atoms with Crippen LogP contribution in [0.4, 0.5) is 0 Å². The highest BCUT2D eigenvalue weighted by molar-refractivity contribution is 5.73. The van der Waals surface area contributed by atoms with Gasteiger partial charge < -0.3 is 50.5 Å². The van der Waals surface area contributed by atoms with Gasteiger partial charge in [-0.25, -0.2) is 0 Å². The van der Waals surface area contributed by atoms with Gasteiger partial charge in [-0.3, -0.25) is 4.79 Å². The van der Waals surface area contributed by atoms with Crippen LogP contribution in [0.3, 0.4) is 0 Å². The molecule has 2 unspecified atom stereocenters. The maximum absolute atomic E-state index is 11.4. The van der Waals surface area contributed by atoms with Crippen molar-refractivity contribution >= 4 is 5.91 Å². The van der Waals surface area contributed by atoms with E-state index in [2.05, 4.69) is 5.32 Å². The van der Waals surface area contributed by atoms with E-state index in [-0.39, 0.29) is 0 Å². The van der Waals surface area contributed by atoms with Crippen LogP contribution in [-0.2, 0) is 14.3 Å². The summed E-state index contributed by atoms with van der Waals surface area (Å²) in [5.41, 5.74) is 0. The van der Waals surface area contributed by atoms with Gasteiger partial charge in [-0.05, 0) is 6.92 Å². The van der Waals surface area contributed by atoms with E-state index < -0.39 is 73.2 Å². The van der Waals surface area contributed by atoms with Gasteiger partial charge in [-0.1, -0.05) is 0 Å². The lowest BCUT2D eigenvalue weighted by Crippen LogP contribution is -2.77. The molecule has 11 heteroatoms. The molecule has 2 fully saturated rings. The van der Waals surface area contributed by atoms with Crippen LogP contribution >= 0.6 is 0 Å². The van der Waals surface area contributed by atoms with E-state index in [0.717, 1.165) is 6.92 Å². The van der Waals surface area contributed by atoms with Crippen molar-refractivity contribution in [2.75, 3.05) is 6.61 Å². The number of carbonyl (C=O) groups excluding carboxylic acids is 1. The van der Waals surface area contributed by atoms with Crippen molar-refractivity contribution in [3.8, 4) is 0 Å². The Morgan fingerprint density at radius 2 is 1.64 bits per heavy atom. The first-order chi connectivity index (χ1) is 11.5. The molecular formula is C14H25NO10. The van der Waals surface area contributed by atoms with Crippen LogP contribution in [-0.4, -0.2) is 109 Å². The van der Waals surface area contributed by atoms with Crippen molar-refractivity contribution in [1.29, 1.82) is 0 Å². The zero-order valence-electron chi connectivity index (χ0n) is 13.8. The molecule has 0 aromatic heterocycles. The Morgan fingerprint density at radius 1 is 1.04 bits per heavy atom. The molecule has 25 heavy (non-hydrogen) atoms. The third-order valence-corrected chi connectivity index (χ3v) is 4.66. The lowest BCUT2D eigenvalue weighted by Gasteiger charge is -2.53. The Kier molecular flexibility index (Phi) is 6.03. The summed E-state index contributed by atoms with van der Waals surface area (Å²) in [6, 6.07) is -1.64. The number of ether oxygens (including phenoxy) is 2. The number of nitrogens with one attached hydrogen (secondary N) is 1. The summed E-state index contributed by atoms with van der Waals surface area (Å²) in [6.45, 7) is 1.69. The molecule has 0 radical (unpaired) electrons. The second kappa shape index (κ2) is 7.39. The zero-order chi connectivity index (χ0) is 19.1. The number of aliphatic hydroxyl groups excluding tert-OH is 6. The molecular weight excluding hydrogens is 342 g/mol. The van der Waals surface area contributed by atoms with Gasteiger partial charge in [0.2, 0.25) is 11.7 Å². The number of carbonyl (C=O) groups is 1. The summed E-state index contributed by atoms with van der Waals surface area (Å²) >= 11 is 0. The molecule has 2 aliphatic heterocycles. The molecule has 0 aliphatic carbocycles. The summed E-state index contributed by atoms with van der Waals surface area (Å²) in [5.74, 6) is -3.29. The Bertz CT molecular complexity index is 492. The second-order valence-corrected chi connectivity index (χ2v) is 6.48. The predicted octanol–water partition coefficient (Wildman–Crippen LogP) is -4.84. The topological polar surface area (TPSA) is 189 Å². The molecule has 10 atom stereocenters. The highest BCUT2D eigenvalue weighted by atomic mass is 16.7. The van der Waals surface area contributed by atoms with Crippen LogP contribution in [0, 0.1) is 0 Å². The van der Waals surface area contributed by atoms with E-state index in [4.69, 9.17) is 9.47 Å². The third-order valence-electron chi connectivity index (χ3n) is 4.66. The van der Waals surface area contributed by atoms with Crippen molar-refractivity contribution in [2.24, 2.45) is 0 Å². The molecule has 2 saturated heterocycles. The highest BCUT2D eigenvalue weighted by Crippen LogP contribution is 2.37. The van der Waals surface area contributed by atoms with Crippen molar-refractivity contribution in [3.05, 3.63) is 0 Å². The van der Waals surface area contributed by atoms with Gasteiger partial charge in [0.1, 0.15) is 48.8 Å². The monoisotopic (exact) mass is 367 g/mol. The minimum Gasteiger partial charge on any atom is -0.394 e. The lowest BCUT2D eigenvalue weighted by atomic mass is 9.82. The lowest BCUT2D eigenvalue weighted by molar-refractivity contribution is -0.383. The van der Waals surface area contributed by atoms with E-state index in [1.54, 1.807) is 0 Å². The number of amides is 1. The fraction of sp³-hybridized carbons (Fsp3) is 0.929.